The Morgan fingerprint density at radius 2 is 2.21 bits per heavy atom. The van der Waals surface area contributed by atoms with Crippen molar-refractivity contribution in [2.45, 2.75) is 18.6 Å². The highest BCUT2D eigenvalue weighted by Crippen LogP contribution is 2.27. The zero-order valence-electron chi connectivity index (χ0n) is 14.6. The van der Waals surface area contributed by atoms with Gasteiger partial charge in [0, 0.05) is 46.3 Å². The van der Waals surface area contributed by atoms with Gasteiger partial charge < -0.3 is 24.2 Å². The third-order valence-corrected chi connectivity index (χ3v) is 4.47. The minimum atomic E-state index is -0.349. The smallest absolute Gasteiger partial charge is 0.253 e. The van der Waals surface area contributed by atoms with E-state index in [0.717, 1.165) is 24.5 Å². The van der Waals surface area contributed by atoms with E-state index in [1.807, 2.05) is 43.1 Å². The SMILES string of the molecule is CN1CCO[C@H](C(=O)N2CC[C@@H](Oc3cccnc3N(C)C)C2)C1. The highest BCUT2D eigenvalue weighted by atomic mass is 16.5. The molecule has 0 spiro atoms. The molecule has 1 aromatic rings. The molecule has 24 heavy (non-hydrogen) atoms. The number of rotatable bonds is 4. The molecule has 2 saturated heterocycles. The summed E-state index contributed by atoms with van der Waals surface area (Å²) in [6.07, 6.45) is 2.23. The van der Waals surface area contributed by atoms with Crippen molar-refractivity contribution in [3.05, 3.63) is 18.3 Å². The Kier molecular flexibility index (Phi) is 5.20. The summed E-state index contributed by atoms with van der Waals surface area (Å²) in [6, 6.07) is 3.79. The van der Waals surface area contributed by atoms with E-state index >= 15 is 0 Å². The number of morpholine rings is 1. The first-order valence-electron chi connectivity index (χ1n) is 8.42. The number of carbonyl (C=O) groups excluding carboxylic acids is 1. The van der Waals surface area contributed by atoms with Crippen LogP contribution in [-0.4, -0.2) is 86.8 Å². The molecule has 2 aliphatic heterocycles. The van der Waals surface area contributed by atoms with Crippen LogP contribution in [-0.2, 0) is 9.53 Å². The molecule has 2 fully saturated rings. The Morgan fingerprint density at radius 3 is 2.96 bits per heavy atom. The van der Waals surface area contributed by atoms with Crippen molar-refractivity contribution in [2.75, 3.05) is 58.8 Å². The van der Waals surface area contributed by atoms with E-state index in [1.54, 1.807) is 6.20 Å². The second-order valence-corrected chi connectivity index (χ2v) is 6.65. The Labute approximate surface area is 143 Å². The summed E-state index contributed by atoms with van der Waals surface area (Å²) in [7, 11) is 5.90. The molecule has 2 aliphatic rings. The van der Waals surface area contributed by atoms with Crippen LogP contribution in [0.4, 0.5) is 5.82 Å². The Balaban J connectivity index is 1.59. The van der Waals surface area contributed by atoms with E-state index in [1.165, 1.54) is 0 Å². The van der Waals surface area contributed by atoms with Gasteiger partial charge in [-0.2, -0.15) is 0 Å². The fraction of sp³-hybridized carbons (Fsp3) is 0.647. The highest BCUT2D eigenvalue weighted by molar-refractivity contribution is 5.81. The molecule has 0 aromatic carbocycles. The topological polar surface area (TPSA) is 58.1 Å². The highest BCUT2D eigenvalue weighted by Gasteiger charge is 2.34. The predicted octanol–water partition coefficient (Wildman–Crippen LogP) is 0.458. The van der Waals surface area contributed by atoms with Gasteiger partial charge in [0.05, 0.1) is 13.2 Å². The molecule has 1 amide bonds. The van der Waals surface area contributed by atoms with Gasteiger partial charge in [-0.1, -0.05) is 0 Å². The standard InChI is InChI=1S/C17H26N4O3/c1-19(2)16-14(5-4-7-18-16)24-13-6-8-21(11-13)17(22)15-12-20(3)9-10-23-15/h4-5,7,13,15H,6,8-12H2,1-3H3/t13-,15+/m1/s1. The predicted molar refractivity (Wildman–Crippen MR) is 91.4 cm³/mol. The largest absolute Gasteiger partial charge is 0.485 e. The van der Waals surface area contributed by atoms with Crippen molar-refractivity contribution in [1.29, 1.82) is 0 Å². The van der Waals surface area contributed by atoms with Gasteiger partial charge in [-0.25, -0.2) is 4.98 Å². The maximum atomic E-state index is 12.6. The number of likely N-dealkylation sites (N-methyl/N-ethyl adjacent to an activating group) is 1. The van der Waals surface area contributed by atoms with Crippen LogP contribution in [0.25, 0.3) is 0 Å². The van der Waals surface area contributed by atoms with Crippen LogP contribution in [0.2, 0.25) is 0 Å². The van der Waals surface area contributed by atoms with E-state index in [0.29, 0.717) is 26.2 Å². The van der Waals surface area contributed by atoms with Gasteiger partial charge in [0.2, 0.25) is 0 Å². The zero-order chi connectivity index (χ0) is 17.1. The van der Waals surface area contributed by atoms with Gasteiger partial charge in [0.1, 0.15) is 12.2 Å². The first-order chi connectivity index (χ1) is 11.5. The minimum Gasteiger partial charge on any atom is -0.485 e. The molecule has 0 unspecified atom stereocenters. The van der Waals surface area contributed by atoms with E-state index in [9.17, 15) is 4.79 Å². The van der Waals surface area contributed by atoms with Crippen molar-refractivity contribution in [1.82, 2.24) is 14.8 Å². The number of anilines is 1. The van der Waals surface area contributed by atoms with Crippen molar-refractivity contribution in [3.8, 4) is 5.75 Å². The molecule has 132 valence electrons. The average molecular weight is 334 g/mol. The molecule has 3 heterocycles. The monoisotopic (exact) mass is 334 g/mol. The van der Waals surface area contributed by atoms with Crippen molar-refractivity contribution >= 4 is 11.7 Å². The summed E-state index contributed by atoms with van der Waals surface area (Å²) >= 11 is 0. The number of aromatic nitrogens is 1. The number of pyridine rings is 1. The number of carbonyl (C=O) groups is 1. The second-order valence-electron chi connectivity index (χ2n) is 6.65. The van der Waals surface area contributed by atoms with E-state index in [-0.39, 0.29) is 18.1 Å². The first-order valence-corrected chi connectivity index (χ1v) is 8.42. The molecule has 2 atom stereocenters. The minimum absolute atomic E-state index is 0.00169. The Bertz CT molecular complexity index is 581. The van der Waals surface area contributed by atoms with E-state index in [4.69, 9.17) is 9.47 Å². The Hall–Kier alpha value is -1.86. The van der Waals surface area contributed by atoms with Crippen LogP contribution in [0.5, 0.6) is 5.75 Å². The number of hydrogen-bond donors (Lipinski definition) is 0. The summed E-state index contributed by atoms with van der Waals surface area (Å²) in [6.45, 7) is 3.47. The van der Waals surface area contributed by atoms with Crippen LogP contribution in [0, 0.1) is 0 Å². The van der Waals surface area contributed by atoms with Gasteiger partial charge in [-0.15, -0.1) is 0 Å². The molecule has 0 radical (unpaired) electrons. The molecular formula is C17H26N4O3. The summed E-state index contributed by atoms with van der Waals surface area (Å²) in [5.41, 5.74) is 0. The molecule has 0 N–H and O–H groups in total. The van der Waals surface area contributed by atoms with Crippen molar-refractivity contribution in [2.24, 2.45) is 0 Å². The third kappa shape index (κ3) is 3.79. The molecule has 0 aliphatic carbocycles. The lowest BCUT2D eigenvalue weighted by atomic mass is 10.2. The summed E-state index contributed by atoms with van der Waals surface area (Å²) < 4.78 is 11.7. The summed E-state index contributed by atoms with van der Waals surface area (Å²) in [5.74, 6) is 1.64. The maximum Gasteiger partial charge on any atom is 0.253 e. The van der Waals surface area contributed by atoms with Crippen molar-refractivity contribution in [3.63, 3.8) is 0 Å². The van der Waals surface area contributed by atoms with Crippen LogP contribution in [0.1, 0.15) is 6.42 Å². The van der Waals surface area contributed by atoms with Gasteiger partial charge in [-0.05, 0) is 19.2 Å². The second kappa shape index (κ2) is 7.36. The normalized spacial score (nSPS) is 24.9. The van der Waals surface area contributed by atoms with E-state index < -0.39 is 0 Å². The number of nitrogens with zero attached hydrogens (tertiary/aromatic N) is 4. The lowest BCUT2D eigenvalue weighted by Crippen LogP contribution is -2.49. The van der Waals surface area contributed by atoms with Crippen LogP contribution in [0.3, 0.4) is 0 Å². The number of ether oxygens (including phenoxy) is 2. The molecule has 7 nitrogen and oxygen atoms in total. The van der Waals surface area contributed by atoms with Crippen LogP contribution < -0.4 is 9.64 Å². The van der Waals surface area contributed by atoms with Gasteiger partial charge in [0.15, 0.2) is 11.6 Å². The molecule has 0 saturated carbocycles. The van der Waals surface area contributed by atoms with Crippen LogP contribution in [0.15, 0.2) is 18.3 Å². The van der Waals surface area contributed by atoms with Crippen molar-refractivity contribution < 1.29 is 14.3 Å². The molecule has 1 aromatic heterocycles. The quantitative estimate of drug-likeness (QED) is 0.797. The summed E-state index contributed by atoms with van der Waals surface area (Å²) in [5, 5.41) is 0. The van der Waals surface area contributed by atoms with Gasteiger partial charge >= 0.3 is 0 Å². The lowest BCUT2D eigenvalue weighted by Gasteiger charge is -2.31. The van der Waals surface area contributed by atoms with Gasteiger partial charge in [0.25, 0.3) is 5.91 Å². The average Bonchev–Trinajstić information content (AvgIpc) is 3.03. The summed E-state index contributed by atoms with van der Waals surface area (Å²) in [4.78, 5) is 22.9. The van der Waals surface area contributed by atoms with E-state index in [2.05, 4.69) is 9.88 Å². The first kappa shape index (κ1) is 17.0. The lowest BCUT2D eigenvalue weighted by molar-refractivity contribution is -0.148. The Morgan fingerprint density at radius 1 is 1.38 bits per heavy atom. The van der Waals surface area contributed by atoms with Gasteiger partial charge in [-0.3, -0.25) is 4.79 Å². The maximum absolute atomic E-state index is 12.6. The zero-order valence-corrected chi connectivity index (χ0v) is 14.6. The number of amides is 1. The molecular weight excluding hydrogens is 308 g/mol. The number of hydrogen-bond acceptors (Lipinski definition) is 6. The molecule has 0 bridgehead atoms. The number of likely N-dealkylation sites (tertiary alicyclic amines) is 1. The molecule has 7 heteroatoms. The molecule has 3 rings (SSSR count). The fourth-order valence-corrected chi connectivity index (χ4v) is 3.15. The fourth-order valence-electron chi connectivity index (χ4n) is 3.15. The third-order valence-electron chi connectivity index (χ3n) is 4.47. The van der Waals surface area contributed by atoms with Crippen LogP contribution >= 0.6 is 0 Å².